The number of carbonyl (C=O) groups excluding carboxylic acids is 1. The number of carbonyl (C=O) groups is 1. The van der Waals surface area contributed by atoms with E-state index in [1.807, 2.05) is 61.5 Å². The average molecular weight is 337 g/mol. The molecule has 0 atom stereocenters. The summed E-state index contributed by atoms with van der Waals surface area (Å²) < 4.78 is 5.51. The molecule has 1 amide bonds. The summed E-state index contributed by atoms with van der Waals surface area (Å²) >= 11 is 0. The van der Waals surface area contributed by atoms with E-state index in [2.05, 4.69) is 20.7 Å². The van der Waals surface area contributed by atoms with Gasteiger partial charge in [-0.1, -0.05) is 48.0 Å². The SMILES string of the molecule is Cc1ccc(-c2nnn(CC(=O)NCCOc3ccccc3)n2)cc1. The van der Waals surface area contributed by atoms with Gasteiger partial charge >= 0.3 is 0 Å². The van der Waals surface area contributed by atoms with Crippen molar-refractivity contribution in [3.8, 4) is 17.1 Å². The highest BCUT2D eigenvalue weighted by molar-refractivity contribution is 5.75. The topological polar surface area (TPSA) is 81.9 Å². The fraction of sp³-hybridized carbons (Fsp3) is 0.222. The Bertz CT molecular complexity index is 815. The second-order valence-electron chi connectivity index (χ2n) is 5.52. The molecule has 3 rings (SSSR count). The van der Waals surface area contributed by atoms with Crippen LogP contribution in [0.25, 0.3) is 11.4 Å². The van der Waals surface area contributed by atoms with Crippen LogP contribution in [0.1, 0.15) is 5.56 Å². The van der Waals surface area contributed by atoms with Crippen molar-refractivity contribution in [2.45, 2.75) is 13.5 Å². The lowest BCUT2D eigenvalue weighted by Crippen LogP contribution is -2.31. The van der Waals surface area contributed by atoms with E-state index in [-0.39, 0.29) is 12.5 Å². The van der Waals surface area contributed by atoms with Crippen LogP contribution in [-0.2, 0) is 11.3 Å². The minimum Gasteiger partial charge on any atom is -0.492 e. The Morgan fingerprint density at radius 3 is 2.64 bits per heavy atom. The molecule has 0 unspecified atom stereocenters. The van der Waals surface area contributed by atoms with Crippen LogP contribution in [0.4, 0.5) is 0 Å². The second-order valence-corrected chi connectivity index (χ2v) is 5.52. The molecule has 0 aliphatic carbocycles. The van der Waals surface area contributed by atoms with Gasteiger partial charge < -0.3 is 10.1 Å². The fourth-order valence-electron chi connectivity index (χ4n) is 2.19. The van der Waals surface area contributed by atoms with Crippen LogP contribution in [0.3, 0.4) is 0 Å². The molecule has 2 aromatic carbocycles. The van der Waals surface area contributed by atoms with Crippen molar-refractivity contribution in [3.05, 3.63) is 60.2 Å². The van der Waals surface area contributed by atoms with E-state index in [0.29, 0.717) is 19.0 Å². The molecular weight excluding hydrogens is 318 g/mol. The number of aromatic nitrogens is 4. The Kier molecular flexibility index (Phi) is 5.36. The molecular formula is C18H19N5O2. The fourth-order valence-corrected chi connectivity index (χ4v) is 2.19. The first-order chi connectivity index (χ1) is 12.2. The largest absolute Gasteiger partial charge is 0.492 e. The minimum atomic E-state index is -0.190. The summed E-state index contributed by atoms with van der Waals surface area (Å²) in [5, 5.41) is 14.9. The number of hydrogen-bond acceptors (Lipinski definition) is 5. The number of nitrogens with zero attached hydrogens (tertiary/aromatic N) is 4. The van der Waals surface area contributed by atoms with E-state index in [0.717, 1.165) is 16.9 Å². The number of amides is 1. The lowest BCUT2D eigenvalue weighted by molar-refractivity contribution is -0.122. The number of aryl methyl sites for hydroxylation is 1. The van der Waals surface area contributed by atoms with Crippen LogP contribution in [0, 0.1) is 6.92 Å². The number of benzene rings is 2. The summed E-state index contributed by atoms with van der Waals surface area (Å²) in [5.41, 5.74) is 2.03. The zero-order valence-electron chi connectivity index (χ0n) is 13.9. The number of para-hydroxylation sites is 1. The van der Waals surface area contributed by atoms with Gasteiger partial charge in [-0.25, -0.2) is 0 Å². The van der Waals surface area contributed by atoms with Gasteiger partial charge in [0.15, 0.2) is 0 Å². The van der Waals surface area contributed by atoms with Crippen LogP contribution >= 0.6 is 0 Å². The first kappa shape index (κ1) is 16.6. The third kappa shape index (κ3) is 4.87. The molecule has 1 N–H and O–H groups in total. The normalized spacial score (nSPS) is 10.4. The number of ether oxygens (including phenoxy) is 1. The third-order valence-electron chi connectivity index (χ3n) is 3.48. The van der Waals surface area contributed by atoms with Gasteiger partial charge in [-0.2, -0.15) is 4.80 Å². The molecule has 0 saturated heterocycles. The molecule has 3 aromatic rings. The lowest BCUT2D eigenvalue weighted by atomic mass is 10.1. The van der Waals surface area contributed by atoms with Crippen molar-refractivity contribution in [2.24, 2.45) is 0 Å². The summed E-state index contributed by atoms with van der Waals surface area (Å²) in [6, 6.07) is 17.3. The number of hydrogen-bond donors (Lipinski definition) is 1. The molecule has 1 heterocycles. The summed E-state index contributed by atoms with van der Waals surface area (Å²) in [7, 11) is 0. The number of nitrogens with one attached hydrogen (secondary N) is 1. The first-order valence-electron chi connectivity index (χ1n) is 8.00. The Morgan fingerprint density at radius 1 is 1.12 bits per heavy atom. The molecule has 25 heavy (non-hydrogen) atoms. The van der Waals surface area contributed by atoms with E-state index < -0.39 is 0 Å². The monoisotopic (exact) mass is 337 g/mol. The highest BCUT2D eigenvalue weighted by Crippen LogP contribution is 2.13. The van der Waals surface area contributed by atoms with Crippen molar-refractivity contribution in [1.82, 2.24) is 25.5 Å². The molecule has 128 valence electrons. The van der Waals surface area contributed by atoms with Crippen molar-refractivity contribution >= 4 is 5.91 Å². The molecule has 1 aromatic heterocycles. The minimum absolute atomic E-state index is 0.0181. The van der Waals surface area contributed by atoms with Crippen LogP contribution in [0.15, 0.2) is 54.6 Å². The van der Waals surface area contributed by atoms with Crippen LogP contribution in [0.5, 0.6) is 5.75 Å². The van der Waals surface area contributed by atoms with Crippen LogP contribution in [0.2, 0.25) is 0 Å². The third-order valence-corrected chi connectivity index (χ3v) is 3.48. The van der Waals surface area contributed by atoms with Gasteiger partial charge in [0.2, 0.25) is 11.7 Å². The Labute approximate surface area is 145 Å². The quantitative estimate of drug-likeness (QED) is 0.665. The van der Waals surface area contributed by atoms with E-state index in [1.165, 1.54) is 4.80 Å². The summed E-state index contributed by atoms with van der Waals surface area (Å²) in [6.45, 7) is 2.84. The van der Waals surface area contributed by atoms with E-state index in [9.17, 15) is 4.79 Å². The van der Waals surface area contributed by atoms with E-state index >= 15 is 0 Å². The molecule has 0 spiro atoms. The molecule has 7 heteroatoms. The maximum Gasteiger partial charge on any atom is 0.243 e. The van der Waals surface area contributed by atoms with Crippen LogP contribution in [-0.4, -0.2) is 39.3 Å². The predicted octanol–water partition coefficient (Wildman–Crippen LogP) is 1.84. The first-order valence-corrected chi connectivity index (χ1v) is 8.00. The number of tetrazole rings is 1. The maximum atomic E-state index is 11.9. The highest BCUT2D eigenvalue weighted by atomic mass is 16.5. The Balaban J connectivity index is 1.44. The van der Waals surface area contributed by atoms with Gasteiger partial charge in [0.1, 0.15) is 18.9 Å². The maximum absolute atomic E-state index is 11.9. The molecule has 0 radical (unpaired) electrons. The van der Waals surface area contributed by atoms with Crippen molar-refractivity contribution in [1.29, 1.82) is 0 Å². The summed E-state index contributed by atoms with van der Waals surface area (Å²) in [4.78, 5) is 13.2. The van der Waals surface area contributed by atoms with E-state index in [1.54, 1.807) is 0 Å². The smallest absolute Gasteiger partial charge is 0.243 e. The van der Waals surface area contributed by atoms with Gasteiger partial charge in [-0.05, 0) is 24.3 Å². The molecule has 0 saturated carbocycles. The van der Waals surface area contributed by atoms with Gasteiger partial charge in [0.05, 0.1) is 6.54 Å². The zero-order chi connectivity index (χ0) is 17.5. The van der Waals surface area contributed by atoms with Crippen LogP contribution < -0.4 is 10.1 Å². The average Bonchev–Trinajstić information content (AvgIpc) is 3.09. The lowest BCUT2D eigenvalue weighted by Gasteiger charge is -2.07. The summed E-state index contributed by atoms with van der Waals surface area (Å²) in [5.74, 6) is 1.09. The van der Waals surface area contributed by atoms with Gasteiger partial charge in [-0.15, -0.1) is 10.2 Å². The van der Waals surface area contributed by atoms with Crippen molar-refractivity contribution in [2.75, 3.05) is 13.2 Å². The van der Waals surface area contributed by atoms with Gasteiger partial charge in [0.25, 0.3) is 0 Å². The Morgan fingerprint density at radius 2 is 1.88 bits per heavy atom. The van der Waals surface area contributed by atoms with Crippen molar-refractivity contribution < 1.29 is 9.53 Å². The number of rotatable bonds is 7. The highest BCUT2D eigenvalue weighted by Gasteiger charge is 2.09. The van der Waals surface area contributed by atoms with Crippen molar-refractivity contribution in [3.63, 3.8) is 0 Å². The summed E-state index contributed by atoms with van der Waals surface area (Å²) in [6.07, 6.45) is 0. The molecule has 0 fully saturated rings. The molecule has 0 aliphatic rings. The molecule has 0 bridgehead atoms. The van der Waals surface area contributed by atoms with E-state index in [4.69, 9.17) is 4.74 Å². The molecule has 7 nitrogen and oxygen atoms in total. The Hall–Kier alpha value is -3.22. The van der Waals surface area contributed by atoms with Gasteiger partial charge in [0, 0.05) is 5.56 Å². The second kappa shape index (κ2) is 8.05. The predicted molar refractivity (Wildman–Crippen MR) is 92.9 cm³/mol. The van der Waals surface area contributed by atoms with Gasteiger partial charge in [-0.3, -0.25) is 4.79 Å². The molecule has 0 aliphatic heterocycles. The zero-order valence-corrected chi connectivity index (χ0v) is 13.9. The standard InChI is InChI=1S/C18H19N5O2/c1-14-7-9-15(10-8-14)18-20-22-23(21-18)13-17(24)19-11-12-25-16-5-3-2-4-6-16/h2-10H,11-13H2,1H3,(H,19,24).